The topological polar surface area (TPSA) is 72.7 Å². The lowest BCUT2D eigenvalue weighted by atomic mass is 10.2. The first-order valence-corrected chi connectivity index (χ1v) is 9.43. The van der Waals surface area contributed by atoms with E-state index in [0.717, 1.165) is 22.8 Å². The molecule has 0 saturated carbocycles. The van der Waals surface area contributed by atoms with Gasteiger partial charge in [-0.05, 0) is 56.7 Å². The quantitative estimate of drug-likeness (QED) is 0.701. The molecule has 0 fully saturated rings. The van der Waals surface area contributed by atoms with Gasteiger partial charge >= 0.3 is 0 Å². The van der Waals surface area contributed by atoms with Gasteiger partial charge in [0.25, 0.3) is 5.91 Å². The van der Waals surface area contributed by atoms with E-state index in [4.69, 9.17) is 0 Å². The second kappa shape index (κ2) is 8.22. The Morgan fingerprint density at radius 3 is 2.67 bits per heavy atom. The molecular formula is C19H20FN5OS. The lowest BCUT2D eigenvalue weighted by Crippen LogP contribution is -2.23. The lowest BCUT2D eigenvalue weighted by Gasteiger charge is -2.03. The van der Waals surface area contributed by atoms with E-state index in [1.165, 1.54) is 23.5 Å². The minimum atomic E-state index is -0.306. The first kappa shape index (κ1) is 18.9. The summed E-state index contributed by atoms with van der Waals surface area (Å²) in [5, 5.41) is 11.8. The van der Waals surface area contributed by atoms with Crippen LogP contribution in [0.4, 0.5) is 4.39 Å². The Hall–Kier alpha value is -2.87. The van der Waals surface area contributed by atoms with Crippen molar-refractivity contribution in [1.82, 2.24) is 25.3 Å². The number of carbonyl (C=O) groups is 1. The Morgan fingerprint density at radius 1 is 1.22 bits per heavy atom. The molecule has 1 amide bonds. The molecule has 1 aromatic carbocycles. The average molecular weight is 385 g/mol. The van der Waals surface area contributed by atoms with Crippen LogP contribution in [0.5, 0.6) is 0 Å². The second-order valence-corrected chi connectivity index (χ2v) is 7.03. The molecule has 8 heteroatoms. The van der Waals surface area contributed by atoms with Crippen molar-refractivity contribution in [3.63, 3.8) is 0 Å². The van der Waals surface area contributed by atoms with Gasteiger partial charge in [0.1, 0.15) is 15.7 Å². The first-order chi connectivity index (χ1) is 13.0. The molecule has 0 aliphatic heterocycles. The number of amides is 1. The Kier molecular flexibility index (Phi) is 5.75. The highest BCUT2D eigenvalue weighted by molar-refractivity contribution is 7.14. The predicted molar refractivity (Wildman–Crippen MR) is 104 cm³/mol. The number of halogens is 1. The molecule has 27 heavy (non-hydrogen) atoms. The van der Waals surface area contributed by atoms with E-state index in [0.29, 0.717) is 22.8 Å². The zero-order valence-electron chi connectivity index (χ0n) is 15.4. The Bertz CT molecular complexity index is 975. The number of nitrogens with zero attached hydrogens (tertiary/aromatic N) is 4. The number of carbonyl (C=O) groups excluding carboxylic acids is 1. The number of aryl methyl sites for hydroxylation is 2. The van der Waals surface area contributed by atoms with E-state index < -0.39 is 0 Å². The fourth-order valence-corrected chi connectivity index (χ4v) is 3.38. The standard InChI is InChI=1S/C19H20FN5OS/c1-4-11-21-19(26)18-13(3)22-17(27-18)10-9-16-12(2)23-24-25(16)15-7-5-14(20)6-8-15/h5-10H,4,11H2,1-3H3,(H,21,26). The highest BCUT2D eigenvalue weighted by atomic mass is 32.1. The number of hydrogen-bond acceptors (Lipinski definition) is 5. The Morgan fingerprint density at radius 2 is 1.96 bits per heavy atom. The van der Waals surface area contributed by atoms with Gasteiger partial charge in [0.05, 0.1) is 22.8 Å². The fourth-order valence-electron chi connectivity index (χ4n) is 2.50. The summed E-state index contributed by atoms with van der Waals surface area (Å²) in [7, 11) is 0. The molecule has 0 saturated heterocycles. The van der Waals surface area contributed by atoms with Gasteiger partial charge in [-0.2, -0.15) is 0 Å². The van der Waals surface area contributed by atoms with E-state index in [2.05, 4.69) is 20.6 Å². The highest BCUT2D eigenvalue weighted by Crippen LogP contribution is 2.21. The number of benzene rings is 1. The molecule has 0 aliphatic rings. The van der Waals surface area contributed by atoms with Crippen LogP contribution in [0.15, 0.2) is 24.3 Å². The molecule has 0 bridgehead atoms. The largest absolute Gasteiger partial charge is 0.351 e. The minimum absolute atomic E-state index is 0.0966. The number of thiazole rings is 1. The normalized spacial score (nSPS) is 11.3. The summed E-state index contributed by atoms with van der Waals surface area (Å²) in [6.45, 7) is 6.32. The fraction of sp³-hybridized carbons (Fsp3) is 0.263. The van der Waals surface area contributed by atoms with Crippen LogP contribution in [0.25, 0.3) is 17.8 Å². The first-order valence-electron chi connectivity index (χ1n) is 8.61. The molecule has 2 heterocycles. The van der Waals surface area contributed by atoms with Crippen molar-refractivity contribution in [2.75, 3.05) is 6.54 Å². The van der Waals surface area contributed by atoms with Crippen LogP contribution in [-0.4, -0.2) is 32.4 Å². The minimum Gasteiger partial charge on any atom is -0.351 e. The SMILES string of the molecule is CCCNC(=O)c1sc(C=Cc2c(C)nnn2-c2ccc(F)cc2)nc1C. The number of nitrogens with one attached hydrogen (secondary N) is 1. The van der Waals surface area contributed by atoms with Crippen molar-refractivity contribution < 1.29 is 9.18 Å². The maximum absolute atomic E-state index is 13.2. The average Bonchev–Trinajstić information content (AvgIpc) is 3.21. The number of aromatic nitrogens is 4. The van der Waals surface area contributed by atoms with Crippen molar-refractivity contribution in [3.05, 3.63) is 57.0 Å². The Balaban J connectivity index is 1.86. The molecule has 3 rings (SSSR count). The number of hydrogen-bond donors (Lipinski definition) is 1. The van der Waals surface area contributed by atoms with Crippen LogP contribution >= 0.6 is 11.3 Å². The van der Waals surface area contributed by atoms with Crippen LogP contribution in [0.2, 0.25) is 0 Å². The van der Waals surface area contributed by atoms with Gasteiger partial charge in [-0.3, -0.25) is 4.79 Å². The zero-order valence-corrected chi connectivity index (χ0v) is 16.2. The molecule has 2 aromatic heterocycles. The molecule has 0 radical (unpaired) electrons. The smallest absolute Gasteiger partial charge is 0.263 e. The lowest BCUT2D eigenvalue weighted by molar-refractivity contribution is 0.0957. The molecule has 0 unspecified atom stereocenters. The summed E-state index contributed by atoms with van der Waals surface area (Å²) < 4.78 is 14.8. The van der Waals surface area contributed by atoms with Gasteiger partial charge in [-0.1, -0.05) is 12.1 Å². The maximum Gasteiger partial charge on any atom is 0.263 e. The summed E-state index contributed by atoms with van der Waals surface area (Å²) in [5.41, 5.74) is 2.93. The molecule has 140 valence electrons. The predicted octanol–water partition coefficient (Wildman–Crippen LogP) is 3.79. The third-order valence-corrected chi connectivity index (χ3v) is 5.01. The van der Waals surface area contributed by atoms with Gasteiger partial charge in [0.2, 0.25) is 0 Å². The molecule has 0 spiro atoms. The van der Waals surface area contributed by atoms with Crippen LogP contribution in [0.1, 0.15) is 45.1 Å². The Labute approximate surface area is 160 Å². The van der Waals surface area contributed by atoms with E-state index >= 15 is 0 Å². The van der Waals surface area contributed by atoms with Crippen LogP contribution in [-0.2, 0) is 0 Å². The molecule has 6 nitrogen and oxygen atoms in total. The van der Waals surface area contributed by atoms with Crippen LogP contribution in [0, 0.1) is 19.7 Å². The number of rotatable bonds is 6. The summed E-state index contributed by atoms with van der Waals surface area (Å²) in [6.07, 6.45) is 4.57. The summed E-state index contributed by atoms with van der Waals surface area (Å²) in [6, 6.07) is 6.05. The van der Waals surface area contributed by atoms with Crippen molar-refractivity contribution in [2.24, 2.45) is 0 Å². The van der Waals surface area contributed by atoms with E-state index in [1.807, 2.05) is 32.9 Å². The summed E-state index contributed by atoms with van der Waals surface area (Å²) in [4.78, 5) is 17.2. The van der Waals surface area contributed by atoms with Crippen molar-refractivity contribution >= 4 is 29.4 Å². The van der Waals surface area contributed by atoms with Gasteiger partial charge in [0.15, 0.2) is 0 Å². The third kappa shape index (κ3) is 4.28. The monoisotopic (exact) mass is 385 g/mol. The van der Waals surface area contributed by atoms with Crippen LogP contribution in [0.3, 0.4) is 0 Å². The molecule has 0 aliphatic carbocycles. The summed E-state index contributed by atoms with van der Waals surface area (Å²) >= 11 is 1.34. The molecule has 3 aromatic rings. The van der Waals surface area contributed by atoms with Gasteiger partial charge in [-0.25, -0.2) is 14.1 Å². The zero-order chi connectivity index (χ0) is 19.4. The van der Waals surface area contributed by atoms with Crippen molar-refractivity contribution in [3.8, 4) is 5.69 Å². The molecular weight excluding hydrogens is 365 g/mol. The van der Waals surface area contributed by atoms with E-state index in [-0.39, 0.29) is 11.7 Å². The third-order valence-electron chi connectivity index (χ3n) is 3.89. The van der Waals surface area contributed by atoms with Gasteiger partial charge < -0.3 is 5.32 Å². The maximum atomic E-state index is 13.2. The molecule has 1 N–H and O–H groups in total. The van der Waals surface area contributed by atoms with Gasteiger partial charge in [-0.15, -0.1) is 16.4 Å². The highest BCUT2D eigenvalue weighted by Gasteiger charge is 2.14. The summed E-state index contributed by atoms with van der Waals surface area (Å²) in [5.74, 6) is -0.402. The van der Waals surface area contributed by atoms with Crippen molar-refractivity contribution in [2.45, 2.75) is 27.2 Å². The van der Waals surface area contributed by atoms with Gasteiger partial charge in [0, 0.05) is 6.54 Å². The van der Waals surface area contributed by atoms with E-state index in [1.54, 1.807) is 16.8 Å². The van der Waals surface area contributed by atoms with Crippen molar-refractivity contribution in [1.29, 1.82) is 0 Å². The van der Waals surface area contributed by atoms with Crippen LogP contribution < -0.4 is 5.32 Å². The molecule has 0 atom stereocenters. The second-order valence-electron chi connectivity index (χ2n) is 6.00. The van der Waals surface area contributed by atoms with E-state index in [9.17, 15) is 9.18 Å².